The highest BCUT2D eigenvalue weighted by Gasteiger charge is 2.49. The number of phosphoric ester groups is 1. The van der Waals surface area contributed by atoms with Crippen LogP contribution in [-0.4, -0.2) is 45.5 Å². The fourth-order valence-electron chi connectivity index (χ4n) is 3.00. The number of ketones is 1. The number of aliphatic hydroxyl groups excluding tert-OH is 1. The molecule has 1 aliphatic carbocycles. The number of carbonyl (C=O) groups excluding carboxylic acids is 1. The van der Waals surface area contributed by atoms with Crippen molar-refractivity contribution in [2.45, 2.75) is 30.9 Å². The van der Waals surface area contributed by atoms with Gasteiger partial charge in [-0.2, -0.15) is 0 Å². The van der Waals surface area contributed by atoms with Gasteiger partial charge in [-0.3, -0.25) is 14.2 Å². The van der Waals surface area contributed by atoms with Gasteiger partial charge in [-0.15, -0.1) is 0 Å². The molecule has 2 atom stereocenters. The number of likely N-dealkylation sites (N-methyl/N-ethyl adjacent to an activating group) is 1. The number of nitrogens with zero attached hydrogens (tertiary/aromatic N) is 1. The molecule has 1 aliphatic rings. The molecule has 1 fully saturated rings. The Labute approximate surface area is 139 Å². The molecule has 0 unspecified atom stereocenters. The lowest BCUT2D eigenvalue weighted by Gasteiger charge is -2.44. The molecule has 0 saturated heterocycles. The minimum Gasteiger partial charge on any atom is -0.385 e. The number of hydrogen-bond donors (Lipinski definition) is 3. The average Bonchev–Trinajstić information content (AvgIpc) is 2.48. The van der Waals surface area contributed by atoms with Crippen molar-refractivity contribution in [3.8, 4) is 0 Å². The second kappa shape index (κ2) is 6.99. The van der Waals surface area contributed by atoms with Gasteiger partial charge in [0.05, 0.1) is 0 Å². The van der Waals surface area contributed by atoms with Crippen LogP contribution in [0.5, 0.6) is 0 Å². The number of rotatable bonds is 5. The van der Waals surface area contributed by atoms with Gasteiger partial charge in [-0.25, -0.2) is 4.57 Å². The summed E-state index contributed by atoms with van der Waals surface area (Å²) in [5, 5.41) is 10.4. The molecule has 1 aromatic carbocycles. The number of benzene rings is 1. The molecule has 3 N–H and O–H groups in total. The topological polar surface area (TPSA) is 107 Å². The highest BCUT2D eigenvalue weighted by atomic mass is 35.5. The molecule has 2 rings (SSSR count). The largest absolute Gasteiger partial charge is 0.470 e. The van der Waals surface area contributed by atoms with Gasteiger partial charge >= 0.3 is 7.82 Å². The van der Waals surface area contributed by atoms with E-state index in [9.17, 15) is 14.5 Å². The summed E-state index contributed by atoms with van der Waals surface area (Å²) >= 11 is 6.24. The first kappa shape index (κ1) is 18.5. The maximum atomic E-state index is 12.8. The molecular formula is C14H19ClNO6P. The average molecular weight is 364 g/mol. The van der Waals surface area contributed by atoms with Crippen molar-refractivity contribution in [2.24, 2.45) is 0 Å². The molecule has 128 valence electrons. The summed E-state index contributed by atoms with van der Waals surface area (Å²) in [6.45, 7) is -0.478. The van der Waals surface area contributed by atoms with Crippen molar-refractivity contribution in [1.29, 1.82) is 0 Å². The predicted octanol–water partition coefficient (Wildman–Crippen LogP) is 1.65. The maximum Gasteiger partial charge on any atom is 0.470 e. The van der Waals surface area contributed by atoms with Crippen LogP contribution in [0, 0.1) is 0 Å². The number of carbonyl (C=O) groups is 1. The first-order chi connectivity index (χ1) is 10.7. The minimum atomic E-state index is -4.69. The molecular weight excluding hydrogens is 345 g/mol. The van der Waals surface area contributed by atoms with E-state index in [0.29, 0.717) is 29.8 Å². The Bertz CT molecular complexity index is 635. The fourth-order valence-corrected chi connectivity index (χ4v) is 3.62. The van der Waals surface area contributed by atoms with Crippen LogP contribution in [0.1, 0.15) is 24.8 Å². The van der Waals surface area contributed by atoms with Gasteiger partial charge in [0, 0.05) is 5.02 Å². The van der Waals surface area contributed by atoms with Gasteiger partial charge in [-0.1, -0.05) is 29.8 Å². The van der Waals surface area contributed by atoms with Gasteiger partial charge in [0.2, 0.25) is 0 Å². The molecule has 0 bridgehead atoms. The Balaban J connectivity index is 2.46. The maximum absolute atomic E-state index is 12.8. The van der Waals surface area contributed by atoms with E-state index in [1.165, 1.54) is 11.9 Å². The predicted molar refractivity (Wildman–Crippen MR) is 83.8 cm³/mol. The van der Waals surface area contributed by atoms with Crippen LogP contribution in [0.2, 0.25) is 5.02 Å². The minimum absolute atomic E-state index is 0.345. The van der Waals surface area contributed by atoms with E-state index in [-0.39, 0.29) is 0 Å². The van der Waals surface area contributed by atoms with Crippen LogP contribution in [0.15, 0.2) is 24.3 Å². The van der Waals surface area contributed by atoms with Crippen LogP contribution in [0.4, 0.5) is 0 Å². The summed E-state index contributed by atoms with van der Waals surface area (Å²) in [5.41, 5.74) is -0.798. The van der Waals surface area contributed by atoms with E-state index >= 15 is 0 Å². The smallest absolute Gasteiger partial charge is 0.385 e. The van der Waals surface area contributed by atoms with Gasteiger partial charge in [0.15, 0.2) is 5.78 Å². The number of Topliss-reactive ketones (excluding diaryl/α,β-unsaturated/α-hetero) is 1. The third kappa shape index (κ3) is 3.83. The molecule has 0 radical (unpaired) electrons. The SMILES string of the molecule is CN(COP(=O)(O)O)[C@]1(c2ccccc2Cl)CCC[C@@H](O)C1=O. The zero-order valence-corrected chi connectivity index (χ0v) is 14.2. The molecule has 0 aromatic heterocycles. The lowest BCUT2D eigenvalue weighted by Crippen LogP contribution is -2.56. The van der Waals surface area contributed by atoms with E-state index in [4.69, 9.17) is 21.4 Å². The van der Waals surface area contributed by atoms with Crippen molar-refractivity contribution < 1.29 is 28.8 Å². The molecule has 0 heterocycles. The summed E-state index contributed by atoms with van der Waals surface area (Å²) in [6.07, 6.45) is 0.127. The molecule has 0 amide bonds. The van der Waals surface area contributed by atoms with Crippen molar-refractivity contribution in [3.05, 3.63) is 34.9 Å². The second-order valence-corrected chi connectivity index (χ2v) is 7.21. The number of aliphatic hydroxyl groups is 1. The van der Waals surface area contributed by atoms with E-state index in [1.807, 2.05) is 0 Å². The summed E-state index contributed by atoms with van der Waals surface area (Å²) in [6, 6.07) is 6.74. The molecule has 1 saturated carbocycles. The number of hydrogen-bond acceptors (Lipinski definition) is 5. The zero-order valence-electron chi connectivity index (χ0n) is 12.6. The van der Waals surface area contributed by atoms with Gasteiger partial charge in [-0.05, 0) is 37.9 Å². The first-order valence-electron chi connectivity index (χ1n) is 7.07. The van der Waals surface area contributed by atoms with E-state index in [1.54, 1.807) is 24.3 Å². The third-order valence-corrected chi connectivity index (χ3v) is 4.90. The van der Waals surface area contributed by atoms with Crippen LogP contribution in [-0.2, 0) is 19.4 Å². The summed E-state index contributed by atoms with van der Waals surface area (Å²) < 4.78 is 15.5. The Morgan fingerprint density at radius 3 is 2.70 bits per heavy atom. The van der Waals surface area contributed by atoms with Crippen molar-refractivity contribution in [1.82, 2.24) is 4.90 Å². The standard InChI is InChI=1S/C14H19ClNO6P/c1-16(9-22-23(19,20)21)14(8-4-7-12(17)13(14)18)10-5-2-3-6-11(10)15/h2-3,5-6,12,17H,4,7-9H2,1H3,(H2,19,20,21)/t12-,14+/m1/s1. The second-order valence-electron chi connectivity index (χ2n) is 5.56. The van der Waals surface area contributed by atoms with Crippen molar-refractivity contribution in [2.75, 3.05) is 13.8 Å². The Hall–Kier alpha value is -0.790. The number of halogens is 1. The van der Waals surface area contributed by atoms with Gasteiger partial charge < -0.3 is 14.9 Å². The molecule has 9 heteroatoms. The monoisotopic (exact) mass is 363 g/mol. The first-order valence-corrected chi connectivity index (χ1v) is 8.98. The van der Waals surface area contributed by atoms with E-state index in [0.717, 1.165) is 0 Å². The lowest BCUT2D eigenvalue weighted by atomic mass is 9.73. The van der Waals surface area contributed by atoms with Gasteiger partial charge in [0.1, 0.15) is 18.4 Å². The Kier molecular flexibility index (Phi) is 5.63. The van der Waals surface area contributed by atoms with Crippen molar-refractivity contribution >= 4 is 25.2 Å². The third-order valence-electron chi connectivity index (χ3n) is 4.12. The zero-order chi connectivity index (χ0) is 17.3. The van der Waals surface area contributed by atoms with Gasteiger partial charge in [0.25, 0.3) is 0 Å². The fraction of sp³-hybridized carbons (Fsp3) is 0.500. The van der Waals surface area contributed by atoms with Crippen molar-refractivity contribution in [3.63, 3.8) is 0 Å². The van der Waals surface area contributed by atoms with Crippen LogP contribution >= 0.6 is 19.4 Å². The highest BCUT2D eigenvalue weighted by molar-refractivity contribution is 7.46. The summed E-state index contributed by atoms with van der Waals surface area (Å²) in [5.74, 6) is -0.450. The van der Waals surface area contributed by atoms with E-state index < -0.39 is 32.0 Å². The Morgan fingerprint density at radius 2 is 2.09 bits per heavy atom. The van der Waals surface area contributed by atoms with Crippen LogP contribution in [0.3, 0.4) is 0 Å². The molecule has 7 nitrogen and oxygen atoms in total. The Morgan fingerprint density at radius 1 is 1.43 bits per heavy atom. The van der Waals surface area contributed by atoms with E-state index in [2.05, 4.69) is 4.52 Å². The molecule has 1 aromatic rings. The normalized spacial score (nSPS) is 25.8. The quantitative estimate of drug-likeness (QED) is 0.539. The summed E-state index contributed by atoms with van der Waals surface area (Å²) in [4.78, 5) is 31.9. The van der Waals surface area contributed by atoms with Crippen LogP contribution in [0.25, 0.3) is 0 Å². The highest BCUT2D eigenvalue weighted by Crippen LogP contribution is 2.44. The summed E-state index contributed by atoms with van der Waals surface area (Å²) in [7, 11) is -3.18. The molecule has 0 aliphatic heterocycles. The van der Waals surface area contributed by atoms with Crippen LogP contribution < -0.4 is 0 Å². The molecule has 23 heavy (non-hydrogen) atoms. The number of phosphoric acid groups is 1. The molecule has 0 spiro atoms. The lowest BCUT2D eigenvalue weighted by molar-refractivity contribution is -0.147.